The van der Waals surface area contributed by atoms with Crippen molar-refractivity contribution in [1.82, 2.24) is 9.88 Å². The van der Waals surface area contributed by atoms with Crippen molar-refractivity contribution in [2.24, 2.45) is 16.7 Å². The van der Waals surface area contributed by atoms with E-state index in [0.29, 0.717) is 28.4 Å². The van der Waals surface area contributed by atoms with E-state index in [1.54, 1.807) is 6.07 Å². The fourth-order valence-corrected chi connectivity index (χ4v) is 5.99. The maximum atomic E-state index is 13.4. The zero-order valence-electron chi connectivity index (χ0n) is 16.8. The first-order valence-corrected chi connectivity index (χ1v) is 11.1. The molecular formula is C23H28FN3O2. The molecule has 2 aliphatic heterocycles. The lowest BCUT2D eigenvalue weighted by Gasteiger charge is -2.31. The number of rotatable bonds is 2. The Balaban J connectivity index is 1.12. The van der Waals surface area contributed by atoms with Gasteiger partial charge in [-0.3, -0.25) is 4.79 Å². The van der Waals surface area contributed by atoms with Gasteiger partial charge >= 0.3 is 0 Å². The van der Waals surface area contributed by atoms with Gasteiger partial charge in [-0.05, 0) is 68.9 Å². The second-order valence-corrected chi connectivity index (χ2v) is 10.1. The average molecular weight is 397 g/mol. The molecule has 6 heteroatoms. The lowest BCUT2D eigenvalue weighted by Crippen LogP contribution is -2.38. The lowest BCUT2D eigenvalue weighted by atomic mass is 9.79. The minimum atomic E-state index is -0.296. The maximum Gasteiger partial charge on any atom is 0.298 e. The number of amides is 1. The Kier molecular flexibility index (Phi) is 3.78. The molecule has 2 aromatic rings. The van der Waals surface area contributed by atoms with E-state index in [9.17, 15) is 9.18 Å². The summed E-state index contributed by atoms with van der Waals surface area (Å²) in [5, 5.41) is 0. The van der Waals surface area contributed by atoms with Crippen LogP contribution in [0.4, 0.5) is 10.4 Å². The van der Waals surface area contributed by atoms with Gasteiger partial charge in [-0.2, -0.15) is 4.98 Å². The predicted molar refractivity (Wildman–Crippen MR) is 108 cm³/mol. The number of oxazole rings is 1. The molecule has 0 bridgehead atoms. The topological polar surface area (TPSA) is 49.6 Å². The van der Waals surface area contributed by atoms with E-state index in [1.807, 2.05) is 0 Å². The second-order valence-electron chi connectivity index (χ2n) is 10.1. The van der Waals surface area contributed by atoms with Gasteiger partial charge in [-0.1, -0.05) is 0 Å². The number of carbonyl (C=O) groups excluding carboxylic acids is 1. The first kappa shape index (κ1) is 17.7. The standard InChI is InChI=1S/C23H28FN3O2/c24-17-1-2-19-18(13-17)25-21(29-19)27-12-10-23(15-27)9-11-26(14-23)20(28)16-3-5-22(6-4-16)7-8-22/h1-2,13,16H,3-12,14-15H2. The Morgan fingerprint density at radius 2 is 1.83 bits per heavy atom. The van der Waals surface area contributed by atoms with Crippen LogP contribution in [0, 0.1) is 22.6 Å². The van der Waals surface area contributed by atoms with E-state index < -0.39 is 0 Å². The van der Waals surface area contributed by atoms with Crippen molar-refractivity contribution in [3.63, 3.8) is 0 Å². The van der Waals surface area contributed by atoms with Crippen LogP contribution in [0.2, 0.25) is 0 Å². The van der Waals surface area contributed by atoms with Crippen LogP contribution >= 0.6 is 0 Å². The van der Waals surface area contributed by atoms with Crippen molar-refractivity contribution < 1.29 is 13.6 Å². The highest BCUT2D eigenvalue weighted by Crippen LogP contribution is 2.57. The number of fused-ring (bicyclic) bond motifs is 1. The zero-order valence-corrected chi connectivity index (χ0v) is 16.8. The van der Waals surface area contributed by atoms with Gasteiger partial charge in [0.05, 0.1) is 0 Å². The number of benzene rings is 1. The van der Waals surface area contributed by atoms with Crippen molar-refractivity contribution in [1.29, 1.82) is 0 Å². The molecule has 2 saturated carbocycles. The molecule has 1 aromatic carbocycles. The van der Waals surface area contributed by atoms with E-state index in [2.05, 4.69) is 14.8 Å². The molecule has 1 unspecified atom stereocenters. The average Bonchev–Trinajstić information content (AvgIpc) is 3.11. The van der Waals surface area contributed by atoms with Gasteiger partial charge in [0, 0.05) is 43.6 Å². The third-order valence-electron chi connectivity index (χ3n) is 8.15. The molecule has 0 radical (unpaired) electrons. The first-order valence-electron chi connectivity index (χ1n) is 11.1. The third-order valence-corrected chi connectivity index (χ3v) is 8.15. The molecule has 3 heterocycles. The SMILES string of the molecule is O=C(C1CCC2(CC1)CC2)N1CCC2(CCN(c3nc4cc(F)ccc4o3)C2)C1. The largest absolute Gasteiger partial charge is 0.423 e. The van der Waals surface area contributed by atoms with E-state index >= 15 is 0 Å². The van der Waals surface area contributed by atoms with Crippen LogP contribution in [0.1, 0.15) is 51.4 Å². The lowest BCUT2D eigenvalue weighted by molar-refractivity contribution is -0.136. The molecule has 2 aliphatic carbocycles. The monoisotopic (exact) mass is 397 g/mol. The molecule has 154 valence electrons. The summed E-state index contributed by atoms with van der Waals surface area (Å²) < 4.78 is 19.3. The molecule has 4 fully saturated rings. The summed E-state index contributed by atoms with van der Waals surface area (Å²) >= 11 is 0. The van der Waals surface area contributed by atoms with Crippen LogP contribution in [0.15, 0.2) is 22.6 Å². The number of likely N-dealkylation sites (tertiary alicyclic amines) is 1. The van der Waals surface area contributed by atoms with Crippen LogP contribution in [-0.2, 0) is 4.79 Å². The van der Waals surface area contributed by atoms with Gasteiger partial charge in [0.1, 0.15) is 11.3 Å². The zero-order chi connectivity index (χ0) is 19.6. The van der Waals surface area contributed by atoms with Crippen LogP contribution in [0.25, 0.3) is 11.1 Å². The summed E-state index contributed by atoms with van der Waals surface area (Å²) in [7, 11) is 0. The number of aromatic nitrogens is 1. The quantitative estimate of drug-likeness (QED) is 0.755. The molecule has 4 aliphatic rings. The molecule has 6 rings (SSSR count). The second kappa shape index (κ2) is 6.19. The minimum absolute atomic E-state index is 0.147. The van der Waals surface area contributed by atoms with Gasteiger partial charge in [-0.15, -0.1) is 0 Å². The van der Waals surface area contributed by atoms with Crippen molar-refractivity contribution in [2.75, 3.05) is 31.1 Å². The predicted octanol–water partition coefficient (Wildman–Crippen LogP) is 4.37. The van der Waals surface area contributed by atoms with Crippen molar-refractivity contribution in [3.8, 4) is 0 Å². The summed E-state index contributed by atoms with van der Waals surface area (Å²) in [6, 6.07) is 5.03. The molecule has 29 heavy (non-hydrogen) atoms. The molecule has 2 spiro atoms. The molecule has 5 nitrogen and oxygen atoms in total. The molecule has 1 aromatic heterocycles. The highest BCUT2D eigenvalue weighted by Gasteiger charge is 2.49. The van der Waals surface area contributed by atoms with Crippen LogP contribution in [0.3, 0.4) is 0 Å². The summed E-state index contributed by atoms with van der Waals surface area (Å²) in [6.45, 7) is 3.48. The van der Waals surface area contributed by atoms with Crippen molar-refractivity contribution in [2.45, 2.75) is 51.4 Å². The maximum absolute atomic E-state index is 13.4. The number of halogens is 1. The number of anilines is 1. The molecule has 1 amide bonds. The van der Waals surface area contributed by atoms with Gasteiger partial charge < -0.3 is 14.2 Å². The van der Waals surface area contributed by atoms with Crippen LogP contribution < -0.4 is 4.90 Å². The Labute approximate surface area is 170 Å². The van der Waals surface area contributed by atoms with Gasteiger partial charge in [0.2, 0.25) is 5.91 Å². The normalized spacial score (nSPS) is 28.9. The van der Waals surface area contributed by atoms with Gasteiger partial charge in [0.15, 0.2) is 5.58 Å². The fourth-order valence-electron chi connectivity index (χ4n) is 5.99. The summed E-state index contributed by atoms with van der Waals surface area (Å²) in [5.74, 6) is 0.351. The van der Waals surface area contributed by atoms with Crippen LogP contribution in [0.5, 0.6) is 0 Å². The molecule has 0 N–H and O–H groups in total. The van der Waals surface area contributed by atoms with E-state index in [4.69, 9.17) is 4.42 Å². The van der Waals surface area contributed by atoms with Crippen molar-refractivity contribution in [3.05, 3.63) is 24.0 Å². The Bertz CT molecular complexity index is 958. The summed E-state index contributed by atoms with van der Waals surface area (Å²) in [5.41, 5.74) is 1.97. The van der Waals surface area contributed by atoms with E-state index in [-0.39, 0.29) is 17.2 Å². The van der Waals surface area contributed by atoms with Gasteiger partial charge in [0.25, 0.3) is 6.01 Å². The Morgan fingerprint density at radius 1 is 1.03 bits per heavy atom. The summed E-state index contributed by atoms with van der Waals surface area (Å²) in [4.78, 5) is 21.9. The molecule has 2 saturated heterocycles. The molecule has 1 atom stereocenters. The highest BCUT2D eigenvalue weighted by atomic mass is 19.1. The fraction of sp³-hybridized carbons (Fsp3) is 0.652. The number of carbonyl (C=O) groups is 1. The van der Waals surface area contributed by atoms with Crippen LogP contribution in [-0.4, -0.2) is 42.0 Å². The Hall–Kier alpha value is -2.11. The van der Waals surface area contributed by atoms with E-state index in [0.717, 1.165) is 51.9 Å². The minimum Gasteiger partial charge on any atom is -0.423 e. The van der Waals surface area contributed by atoms with Crippen molar-refractivity contribution >= 4 is 23.0 Å². The number of hydrogen-bond donors (Lipinski definition) is 0. The van der Waals surface area contributed by atoms with Gasteiger partial charge in [-0.25, -0.2) is 4.39 Å². The van der Waals surface area contributed by atoms with E-state index in [1.165, 1.54) is 37.8 Å². The number of hydrogen-bond acceptors (Lipinski definition) is 4. The Morgan fingerprint density at radius 3 is 2.62 bits per heavy atom. The number of nitrogens with zero attached hydrogens (tertiary/aromatic N) is 3. The summed E-state index contributed by atoms with van der Waals surface area (Å²) in [6.07, 6.45) is 9.58. The third kappa shape index (κ3) is 3.03. The smallest absolute Gasteiger partial charge is 0.298 e. The molecular weight excluding hydrogens is 369 g/mol. The first-order chi connectivity index (χ1) is 14.0. The highest BCUT2D eigenvalue weighted by molar-refractivity contribution is 5.79.